The summed E-state index contributed by atoms with van der Waals surface area (Å²) in [7, 11) is 0. The maximum absolute atomic E-state index is 11.9. The van der Waals surface area contributed by atoms with E-state index in [1.807, 2.05) is 37.3 Å². The second-order valence-corrected chi connectivity index (χ2v) is 3.45. The lowest BCUT2D eigenvalue weighted by Gasteiger charge is -2.14. The van der Waals surface area contributed by atoms with Crippen molar-refractivity contribution in [2.45, 2.75) is 25.6 Å². The van der Waals surface area contributed by atoms with Gasteiger partial charge in [0.1, 0.15) is 0 Å². The molecule has 1 aromatic rings. The molecule has 1 rings (SSSR count). The maximum atomic E-state index is 11.9. The van der Waals surface area contributed by atoms with Crippen molar-refractivity contribution in [3.05, 3.63) is 35.9 Å². The lowest BCUT2D eigenvalue weighted by Crippen LogP contribution is -2.24. The van der Waals surface area contributed by atoms with E-state index in [1.165, 1.54) is 0 Å². The normalized spacial score (nSPS) is 13.9. The van der Waals surface area contributed by atoms with E-state index in [1.54, 1.807) is 0 Å². The van der Waals surface area contributed by atoms with Crippen LogP contribution in [-0.2, 0) is 0 Å². The fourth-order valence-electron chi connectivity index (χ4n) is 1.29. The molecule has 4 heteroatoms. The molecule has 15 heavy (non-hydrogen) atoms. The Kier molecular flexibility index (Phi) is 4.15. The average molecular weight is 217 g/mol. The predicted octanol–water partition coefficient (Wildman–Crippen LogP) is 3.29. The lowest BCUT2D eigenvalue weighted by molar-refractivity contribution is -0.133. The van der Waals surface area contributed by atoms with Gasteiger partial charge in [0.2, 0.25) is 0 Å². The van der Waals surface area contributed by atoms with E-state index in [4.69, 9.17) is 0 Å². The van der Waals surface area contributed by atoms with E-state index in [0.717, 1.165) is 5.56 Å². The van der Waals surface area contributed by atoms with Crippen molar-refractivity contribution in [2.24, 2.45) is 0 Å². The van der Waals surface area contributed by atoms with Gasteiger partial charge in [-0.1, -0.05) is 30.3 Å². The smallest absolute Gasteiger partial charge is 0.310 e. The highest BCUT2D eigenvalue weighted by Crippen LogP contribution is 2.19. The van der Waals surface area contributed by atoms with Gasteiger partial charge in [-0.15, -0.1) is 0 Å². The second-order valence-electron chi connectivity index (χ2n) is 3.45. The third kappa shape index (κ3) is 4.83. The van der Waals surface area contributed by atoms with Gasteiger partial charge in [-0.2, -0.15) is 13.2 Å². The van der Waals surface area contributed by atoms with Crippen LogP contribution in [0.1, 0.15) is 24.9 Å². The number of hydrogen-bond donors (Lipinski definition) is 1. The molecule has 0 spiro atoms. The van der Waals surface area contributed by atoms with Crippen molar-refractivity contribution in [1.82, 2.24) is 5.32 Å². The van der Waals surface area contributed by atoms with E-state index in [-0.39, 0.29) is 12.6 Å². The quantitative estimate of drug-likeness (QED) is 0.816. The minimum Gasteiger partial charge on any atom is -0.310 e. The zero-order chi connectivity index (χ0) is 11.3. The number of halogens is 3. The van der Waals surface area contributed by atoms with Crippen molar-refractivity contribution in [1.29, 1.82) is 0 Å². The Bertz CT molecular complexity index is 282. The van der Waals surface area contributed by atoms with Crippen LogP contribution in [0.15, 0.2) is 30.3 Å². The highest BCUT2D eigenvalue weighted by atomic mass is 19.4. The van der Waals surface area contributed by atoms with E-state index >= 15 is 0 Å². The SMILES string of the molecule is CC(NCCC(F)(F)F)c1ccccc1. The van der Waals surface area contributed by atoms with Crippen molar-refractivity contribution in [2.75, 3.05) is 6.54 Å². The molecule has 1 unspecified atom stereocenters. The average Bonchev–Trinajstić information content (AvgIpc) is 2.17. The largest absolute Gasteiger partial charge is 0.390 e. The van der Waals surface area contributed by atoms with Gasteiger partial charge in [0.15, 0.2) is 0 Å². The van der Waals surface area contributed by atoms with Crippen LogP contribution < -0.4 is 5.32 Å². The van der Waals surface area contributed by atoms with Crippen molar-refractivity contribution < 1.29 is 13.2 Å². The molecule has 0 aromatic heterocycles. The molecule has 0 fully saturated rings. The molecule has 84 valence electrons. The molecule has 0 aliphatic rings. The Morgan fingerprint density at radius 3 is 2.33 bits per heavy atom. The van der Waals surface area contributed by atoms with Gasteiger partial charge in [-0.3, -0.25) is 0 Å². The Labute approximate surface area is 87.3 Å². The van der Waals surface area contributed by atoms with Gasteiger partial charge in [-0.05, 0) is 12.5 Å². The van der Waals surface area contributed by atoms with Gasteiger partial charge in [0.05, 0.1) is 6.42 Å². The van der Waals surface area contributed by atoms with E-state index in [2.05, 4.69) is 5.32 Å². The first-order valence-electron chi connectivity index (χ1n) is 4.84. The number of alkyl halides is 3. The van der Waals surface area contributed by atoms with Crippen molar-refractivity contribution in [3.8, 4) is 0 Å². The molecule has 0 heterocycles. The van der Waals surface area contributed by atoms with Gasteiger partial charge >= 0.3 is 6.18 Å². The summed E-state index contributed by atoms with van der Waals surface area (Å²) in [4.78, 5) is 0. The highest BCUT2D eigenvalue weighted by molar-refractivity contribution is 5.17. The molecule has 1 N–H and O–H groups in total. The van der Waals surface area contributed by atoms with Crippen molar-refractivity contribution in [3.63, 3.8) is 0 Å². The summed E-state index contributed by atoms with van der Waals surface area (Å²) in [5.41, 5.74) is 1.000. The molecule has 0 bridgehead atoms. The summed E-state index contributed by atoms with van der Waals surface area (Å²) in [5, 5.41) is 2.84. The molecule has 0 saturated carbocycles. The fraction of sp³-hybridized carbons (Fsp3) is 0.455. The Balaban J connectivity index is 2.34. The zero-order valence-corrected chi connectivity index (χ0v) is 8.51. The molecule has 1 atom stereocenters. The minimum absolute atomic E-state index is 0.0421. The van der Waals surface area contributed by atoms with E-state index in [0.29, 0.717) is 0 Å². The third-order valence-electron chi connectivity index (χ3n) is 2.16. The summed E-state index contributed by atoms with van der Waals surface area (Å²) >= 11 is 0. The van der Waals surface area contributed by atoms with Crippen LogP contribution in [0.4, 0.5) is 13.2 Å². The van der Waals surface area contributed by atoms with Crippen LogP contribution in [0, 0.1) is 0 Å². The van der Waals surface area contributed by atoms with Crippen LogP contribution in [0.5, 0.6) is 0 Å². The minimum atomic E-state index is -4.08. The topological polar surface area (TPSA) is 12.0 Å². The molecule has 1 aromatic carbocycles. The van der Waals surface area contributed by atoms with Gasteiger partial charge < -0.3 is 5.32 Å². The first-order chi connectivity index (χ1) is 6.99. The molecular formula is C11H14F3N. The van der Waals surface area contributed by atoms with Gasteiger partial charge in [0, 0.05) is 12.6 Å². The third-order valence-corrected chi connectivity index (χ3v) is 2.16. The van der Waals surface area contributed by atoms with Crippen LogP contribution in [0.25, 0.3) is 0 Å². The second kappa shape index (κ2) is 5.16. The summed E-state index contributed by atoms with van der Waals surface area (Å²) in [6.45, 7) is 1.81. The maximum Gasteiger partial charge on any atom is 0.390 e. The molecule has 0 aliphatic carbocycles. The zero-order valence-electron chi connectivity index (χ0n) is 8.51. The number of nitrogens with one attached hydrogen (secondary N) is 1. The molecular weight excluding hydrogens is 203 g/mol. The highest BCUT2D eigenvalue weighted by Gasteiger charge is 2.26. The molecule has 0 aliphatic heterocycles. The van der Waals surface area contributed by atoms with Crippen LogP contribution >= 0.6 is 0 Å². The standard InChI is InChI=1S/C11H14F3N/c1-9(10-5-3-2-4-6-10)15-8-7-11(12,13)14/h2-6,9,15H,7-8H2,1H3. The Hall–Kier alpha value is -1.03. The van der Waals surface area contributed by atoms with Crippen LogP contribution in [-0.4, -0.2) is 12.7 Å². The predicted molar refractivity (Wildman–Crippen MR) is 53.5 cm³/mol. The lowest BCUT2D eigenvalue weighted by atomic mass is 10.1. The first-order valence-corrected chi connectivity index (χ1v) is 4.84. The van der Waals surface area contributed by atoms with Crippen LogP contribution in [0.2, 0.25) is 0 Å². The summed E-state index contributed by atoms with van der Waals surface area (Å²) in [6, 6.07) is 9.37. The van der Waals surface area contributed by atoms with Gasteiger partial charge in [0.25, 0.3) is 0 Å². The molecule has 1 nitrogen and oxygen atoms in total. The summed E-state index contributed by atoms with van der Waals surface area (Å²) < 4.78 is 35.6. The number of benzene rings is 1. The van der Waals surface area contributed by atoms with Gasteiger partial charge in [-0.25, -0.2) is 0 Å². The van der Waals surface area contributed by atoms with E-state index in [9.17, 15) is 13.2 Å². The Morgan fingerprint density at radius 1 is 1.20 bits per heavy atom. The summed E-state index contributed by atoms with van der Waals surface area (Å²) in [6.07, 6.45) is -4.87. The number of rotatable bonds is 4. The monoisotopic (exact) mass is 217 g/mol. The fourth-order valence-corrected chi connectivity index (χ4v) is 1.29. The molecule has 0 saturated heterocycles. The first kappa shape index (κ1) is 12.0. The summed E-state index contributed by atoms with van der Waals surface area (Å²) in [5.74, 6) is 0. The van der Waals surface area contributed by atoms with E-state index < -0.39 is 12.6 Å². The Morgan fingerprint density at radius 2 is 1.80 bits per heavy atom. The molecule has 0 amide bonds. The molecule has 0 radical (unpaired) electrons. The van der Waals surface area contributed by atoms with Crippen molar-refractivity contribution >= 4 is 0 Å². The number of hydrogen-bond acceptors (Lipinski definition) is 1. The van der Waals surface area contributed by atoms with Crippen LogP contribution in [0.3, 0.4) is 0 Å².